The zero-order valence-corrected chi connectivity index (χ0v) is 12.7. The molecule has 0 fully saturated rings. The van der Waals surface area contributed by atoms with Gasteiger partial charge in [-0.15, -0.1) is 0 Å². The first-order chi connectivity index (χ1) is 11.1. The highest BCUT2D eigenvalue weighted by Crippen LogP contribution is 2.28. The van der Waals surface area contributed by atoms with Crippen LogP contribution < -0.4 is 11.5 Å². The Morgan fingerprint density at radius 3 is 2.26 bits per heavy atom. The molecule has 1 aliphatic carbocycles. The highest BCUT2D eigenvalue weighted by molar-refractivity contribution is 6.07. The van der Waals surface area contributed by atoms with Crippen LogP contribution in [0.4, 0.5) is 0 Å². The summed E-state index contributed by atoms with van der Waals surface area (Å²) in [6, 6.07) is 18.9. The van der Waals surface area contributed by atoms with Crippen molar-refractivity contribution in [3.63, 3.8) is 0 Å². The van der Waals surface area contributed by atoms with Gasteiger partial charge < -0.3 is 11.5 Å². The van der Waals surface area contributed by atoms with Crippen molar-refractivity contribution in [3.05, 3.63) is 83.9 Å². The highest BCUT2D eigenvalue weighted by Gasteiger charge is 2.29. The van der Waals surface area contributed by atoms with Crippen LogP contribution in [0.5, 0.6) is 0 Å². The lowest BCUT2D eigenvalue weighted by Crippen LogP contribution is -2.51. The van der Waals surface area contributed by atoms with E-state index < -0.39 is 5.66 Å². The summed E-state index contributed by atoms with van der Waals surface area (Å²) >= 11 is 0. The summed E-state index contributed by atoms with van der Waals surface area (Å²) in [7, 11) is 0. The Labute approximate surface area is 135 Å². The molecule has 116 valence electrons. The van der Waals surface area contributed by atoms with E-state index in [9.17, 15) is 4.79 Å². The molecular weight excluding hydrogens is 286 g/mol. The number of hydrogen-bond donors (Lipinski definition) is 2. The predicted molar refractivity (Wildman–Crippen MR) is 92.3 cm³/mol. The van der Waals surface area contributed by atoms with Gasteiger partial charge >= 0.3 is 0 Å². The Morgan fingerprint density at radius 1 is 1.00 bits per heavy atom. The molecule has 0 saturated heterocycles. The van der Waals surface area contributed by atoms with Gasteiger partial charge in [-0.3, -0.25) is 4.79 Å². The summed E-state index contributed by atoms with van der Waals surface area (Å²) < 4.78 is 0. The van der Waals surface area contributed by atoms with Crippen LogP contribution in [0.3, 0.4) is 0 Å². The van der Waals surface area contributed by atoms with E-state index >= 15 is 0 Å². The molecular formula is C19H19N3O. The maximum absolute atomic E-state index is 12.4. The molecule has 0 bridgehead atoms. The lowest BCUT2D eigenvalue weighted by atomic mass is 9.83. The topological polar surface area (TPSA) is 81.5 Å². The predicted octanol–water partition coefficient (Wildman–Crippen LogP) is 2.63. The van der Waals surface area contributed by atoms with Gasteiger partial charge in [-0.1, -0.05) is 60.7 Å². The zero-order valence-electron chi connectivity index (χ0n) is 12.7. The standard InChI is InChI=1S/C19H19N3O/c20-19(21)12-11-16(14-7-3-1-4-8-14)17(13-19)22-18(23)15-9-5-2-6-10-15/h1-12,16H,13,20-21H2/b22-17-. The molecule has 1 aliphatic rings. The van der Waals surface area contributed by atoms with E-state index in [-0.39, 0.29) is 11.8 Å². The summed E-state index contributed by atoms with van der Waals surface area (Å²) in [6.07, 6.45) is 4.06. The van der Waals surface area contributed by atoms with Crippen LogP contribution in [0.15, 0.2) is 77.8 Å². The number of nitrogens with two attached hydrogens (primary N) is 2. The molecule has 4 N–H and O–H groups in total. The number of rotatable bonds is 2. The van der Waals surface area contributed by atoms with Crippen LogP contribution in [0.1, 0.15) is 28.3 Å². The molecule has 0 aliphatic heterocycles. The van der Waals surface area contributed by atoms with Gasteiger partial charge in [0, 0.05) is 23.6 Å². The number of aliphatic imine (C=N–C) groups is 1. The SMILES string of the molecule is NC1(N)C=CC(c2ccccc2)/C(=N\C(=O)c2ccccc2)C1. The number of hydrogen-bond acceptors (Lipinski definition) is 3. The monoisotopic (exact) mass is 305 g/mol. The Morgan fingerprint density at radius 2 is 1.61 bits per heavy atom. The Kier molecular flexibility index (Phi) is 4.19. The highest BCUT2D eigenvalue weighted by atomic mass is 16.1. The quantitative estimate of drug-likeness (QED) is 0.661. The third-order valence-corrected chi connectivity index (χ3v) is 3.87. The first-order valence-corrected chi connectivity index (χ1v) is 7.54. The summed E-state index contributed by atoms with van der Waals surface area (Å²) in [6.45, 7) is 0. The molecule has 4 nitrogen and oxygen atoms in total. The van der Waals surface area contributed by atoms with E-state index in [1.54, 1.807) is 18.2 Å². The Balaban J connectivity index is 1.98. The smallest absolute Gasteiger partial charge is 0.276 e. The molecule has 0 aromatic heterocycles. The van der Waals surface area contributed by atoms with E-state index in [1.165, 1.54) is 0 Å². The summed E-state index contributed by atoms with van der Waals surface area (Å²) in [4.78, 5) is 16.7. The molecule has 0 heterocycles. The van der Waals surface area contributed by atoms with Gasteiger partial charge in [0.05, 0.1) is 5.66 Å². The molecule has 4 heteroatoms. The molecule has 23 heavy (non-hydrogen) atoms. The fourth-order valence-corrected chi connectivity index (χ4v) is 2.72. The summed E-state index contributed by atoms with van der Waals surface area (Å²) in [5.74, 6) is -0.350. The van der Waals surface area contributed by atoms with Crippen molar-refractivity contribution in [1.29, 1.82) is 0 Å². The van der Waals surface area contributed by atoms with Gasteiger partial charge in [0.2, 0.25) is 0 Å². The third kappa shape index (κ3) is 3.62. The molecule has 1 atom stereocenters. The van der Waals surface area contributed by atoms with Crippen molar-refractivity contribution in [3.8, 4) is 0 Å². The maximum atomic E-state index is 12.4. The van der Waals surface area contributed by atoms with Crippen LogP contribution >= 0.6 is 0 Å². The Bertz CT molecular complexity index is 749. The second kappa shape index (κ2) is 6.28. The zero-order chi connectivity index (χ0) is 16.3. The fourth-order valence-electron chi connectivity index (χ4n) is 2.72. The normalized spacial score (nSPS) is 21.3. The molecule has 2 aromatic rings. The fraction of sp³-hybridized carbons (Fsp3) is 0.158. The molecule has 2 aromatic carbocycles. The van der Waals surface area contributed by atoms with Crippen molar-refractivity contribution in [1.82, 2.24) is 0 Å². The van der Waals surface area contributed by atoms with Gasteiger partial charge in [-0.25, -0.2) is 4.99 Å². The second-order valence-corrected chi connectivity index (χ2v) is 5.81. The maximum Gasteiger partial charge on any atom is 0.276 e. The first-order valence-electron chi connectivity index (χ1n) is 7.54. The van der Waals surface area contributed by atoms with Gasteiger partial charge in [0.15, 0.2) is 0 Å². The van der Waals surface area contributed by atoms with E-state index in [2.05, 4.69) is 4.99 Å². The van der Waals surface area contributed by atoms with Crippen LogP contribution in [0.2, 0.25) is 0 Å². The van der Waals surface area contributed by atoms with Crippen molar-refractivity contribution >= 4 is 11.6 Å². The van der Waals surface area contributed by atoms with Crippen LogP contribution in [-0.4, -0.2) is 17.3 Å². The number of allylic oxidation sites excluding steroid dienone is 1. The number of nitrogens with zero attached hydrogens (tertiary/aromatic N) is 1. The van der Waals surface area contributed by atoms with Crippen molar-refractivity contribution in [2.45, 2.75) is 18.0 Å². The number of benzene rings is 2. The van der Waals surface area contributed by atoms with Gasteiger partial charge in [-0.2, -0.15) is 0 Å². The van der Waals surface area contributed by atoms with Crippen molar-refractivity contribution in [2.24, 2.45) is 16.5 Å². The summed E-state index contributed by atoms with van der Waals surface area (Å²) in [5, 5.41) is 0. The minimum atomic E-state index is -0.971. The average Bonchev–Trinajstić information content (AvgIpc) is 2.56. The van der Waals surface area contributed by atoms with Crippen LogP contribution in [0, 0.1) is 0 Å². The van der Waals surface area contributed by atoms with Crippen molar-refractivity contribution < 1.29 is 4.79 Å². The number of carbonyl (C=O) groups excluding carboxylic acids is 1. The first kappa shape index (κ1) is 15.3. The number of amides is 1. The molecule has 0 saturated carbocycles. The molecule has 0 spiro atoms. The largest absolute Gasteiger partial charge is 0.310 e. The van der Waals surface area contributed by atoms with E-state index in [4.69, 9.17) is 11.5 Å². The molecule has 1 unspecified atom stereocenters. The van der Waals surface area contributed by atoms with Gasteiger partial charge in [0.1, 0.15) is 0 Å². The molecule has 3 rings (SSSR count). The van der Waals surface area contributed by atoms with Crippen LogP contribution in [-0.2, 0) is 0 Å². The molecule has 0 radical (unpaired) electrons. The Hall–Kier alpha value is -2.56. The third-order valence-electron chi connectivity index (χ3n) is 3.87. The number of carbonyl (C=O) groups is 1. The molecule has 1 amide bonds. The van der Waals surface area contributed by atoms with Crippen LogP contribution in [0.25, 0.3) is 0 Å². The lowest BCUT2D eigenvalue weighted by Gasteiger charge is -2.30. The minimum absolute atomic E-state index is 0.0795. The van der Waals surface area contributed by atoms with E-state index in [1.807, 2.05) is 54.6 Å². The average molecular weight is 305 g/mol. The lowest BCUT2D eigenvalue weighted by molar-refractivity contribution is 0.100. The van der Waals surface area contributed by atoms with E-state index in [0.717, 1.165) is 5.56 Å². The van der Waals surface area contributed by atoms with Gasteiger partial charge in [0.25, 0.3) is 5.91 Å². The summed E-state index contributed by atoms with van der Waals surface area (Å²) in [5.41, 5.74) is 13.4. The second-order valence-electron chi connectivity index (χ2n) is 5.81. The van der Waals surface area contributed by atoms with E-state index in [0.29, 0.717) is 17.7 Å². The van der Waals surface area contributed by atoms with Crippen molar-refractivity contribution in [2.75, 3.05) is 0 Å². The minimum Gasteiger partial charge on any atom is -0.310 e. The van der Waals surface area contributed by atoms with Gasteiger partial charge in [-0.05, 0) is 17.7 Å².